The van der Waals surface area contributed by atoms with Crippen molar-refractivity contribution in [2.75, 3.05) is 32.0 Å². The highest BCUT2D eigenvalue weighted by Crippen LogP contribution is 2.40. The fraction of sp³-hybridized carbons (Fsp3) is 0.171. The second-order valence-corrected chi connectivity index (χ2v) is 12.0. The lowest BCUT2D eigenvalue weighted by atomic mass is 10.1. The van der Waals surface area contributed by atoms with Gasteiger partial charge in [-0.05, 0) is 61.0 Å². The Kier molecular flexibility index (Phi) is 12.4. The normalized spacial score (nSPS) is 12.1. The van der Waals surface area contributed by atoms with E-state index in [2.05, 4.69) is 10.6 Å². The Balaban J connectivity index is 1.58. The van der Waals surface area contributed by atoms with Crippen molar-refractivity contribution in [1.82, 2.24) is 5.32 Å². The molecule has 0 saturated heterocycles. The molecule has 0 aliphatic heterocycles. The van der Waals surface area contributed by atoms with Crippen LogP contribution in [-0.4, -0.2) is 44.3 Å². The Morgan fingerprint density at radius 2 is 1.37 bits per heavy atom. The minimum Gasteiger partial charge on any atom is -0.493 e. The van der Waals surface area contributed by atoms with Crippen molar-refractivity contribution < 1.29 is 59.3 Å². The molecule has 4 rings (SSSR count). The summed E-state index contributed by atoms with van der Waals surface area (Å²) < 4.78 is 112. The molecule has 0 fully saturated rings. The molecular weight excluding hydrogens is 723 g/mol. The molecule has 17 heteroatoms. The van der Waals surface area contributed by atoms with E-state index in [4.69, 9.17) is 14.2 Å². The zero-order valence-corrected chi connectivity index (χ0v) is 28.3. The summed E-state index contributed by atoms with van der Waals surface area (Å²) in [5, 5.41) is 5.57. The number of halogens is 7. The molecule has 1 atom stereocenters. The third-order valence-electron chi connectivity index (χ3n) is 7.10. The van der Waals surface area contributed by atoms with Gasteiger partial charge >= 0.3 is 6.18 Å². The van der Waals surface area contributed by atoms with Crippen molar-refractivity contribution in [3.63, 3.8) is 0 Å². The van der Waals surface area contributed by atoms with Gasteiger partial charge in [-0.1, -0.05) is 24.3 Å². The van der Waals surface area contributed by atoms with Gasteiger partial charge in [0.2, 0.25) is 11.7 Å². The first-order chi connectivity index (χ1) is 24.6. The second-order valence-electron chi connectivity index (χ2n) is 10.6. The van der Waals surface area contributed by atoms with Gasteiger partial charge in [0.25, 0.3) is 11.8 Å². The lowest BCUT2D eigenvalue weighted by Crippen LogP contribution is -2.30. The minimum absolute atomic E-state index is 0.163. The van der Waals surface area contributed by atoms with Gasteiger partial charge in [-0.2, -0.15) is 13.2 Å². The SMILES string of the molecule is COc1cc(/C=C(/NC(=O)c2ccccc2)C(=O)Nc2cccc(SC(C)C(=O)Nc3c(F)c(F)c(C(F)(F)F)c(F)c3F)c2)cc(OC)c1OC. The number of rotatable bonds is 12. The number of anilines is 2. The third kappa shape index (κ3) is 8.95. The van der Waals surface area contributed by atoms with E-state index < -0.39 is 63.7 Å². The number of thioether (sulfide) groups is 1. The van der Waals surface area contributed by atoms with Crippen LogP contribution in [0.3, 0.4) is 0 Å². The number of hydrogen-bond acceptors (Lipinski definition) is 7. The van der Waals surface area contributed by atoms with E-state index in [1.165, 1.54) is 82.9 Å². The zero-order valence-electron chi connectivity index (χ0n) is 27.5. The van der Waals surface area contributed by atoms with Gasteiger partial charge in [0.1, 0.15) is 16.9 Å². The van der Waals surface area contributed by atoms with Gasteiger partial charge in [0, 0.05) is 16.1 Å². The van der Waals surface area contributed by atoms with Crippen molar-refractivity contribution in [2.24, 2.45) is 0 Å². The fourth-order valence-electron chi connectivity index (χ4n) is 4.61. The molecule has 3 amide bonds. The van der Waals surface area contributed by atoms with Gasteiger partial charge in [-0.15, -0.1) is 11.8 Å². The van der Waals surface area contributed by atoms with Gasteiger partial charge in [-0.25, -0.2) is 17.6 Å². The molecule has 4 aromatic carbocycles. The number of benzene rings is 4. The highest BCUT2D eigenvalue weighted by molar-refractivity contribution is 8.00. The molecule has 4 aromatic rings. The molecular formula is C35H28F7N3O6S. The van der Waals surface area contributed by atoms with E-state index in [9.17, 15) is 45.1 Å². The number of nitrogens with one attached hydrogen (secondary N) is 3. The fourth-order valence-corrected chi connectivity index (χ4v) is 5.54. The van der Waals surface area contributed by atoms with Crippen molar-refractivity contribution in [3.05, 3.63) is 112 Å². The van der Waals surface area contributed by atoms with Gasteiger partial charge in [0.15, 0.2) is 34.8 Å². The summed E-state index contributed by atoms with van der Waals surface area (Å²) in [6.45, 7) is 1.25. The molecule has 3 N–H and O–H groups in total. The number of carbonyl (C=O) groups excluding carboxylic acids is 3. The lowest BCUT2D eigenvalue weighted by molar-refractivity contribution is -0.143. The molecule has 274 valence electrons. The van der Waals surface area contributed by atoms with Crippen LogP contribution in [0.1, 0.15) is 28.4 Å². The maximum atomic E-state index is 14.4. The zero-order chi connectivity index (χ0) is 38.3. The third-order valence-corrected chi connectivity index (χ3v) is 8.19. The van der Waals surface area contributed by atoms with Crippen LogP contribution in [0.4, 0.5) is 42.1 Å². The van der Waals surface area contributed by atoms with Crippen LogP contribution in [0.25, 0.3) is 6.08 Å². The molecule has 9 nitrogen and oxygen atoms in total. The number of ether oxygens (including phenoxy) is 3. The molecule has 0 bridgehead atoms. The molecule has 0 radical (unpaired) electrons. The van der Waals surface area contributed by atoms with Crippen molar-refractivity contribution in [3.8, 4) is 17.2 Å². The number of hydrogen-bond donors (Lipinski definition) is 3. The quantitative estimate of drug-likeness (QED) is 0.0586. The molecule has 52 heavy (non-hydrogen) atoms. The summed E-state index contributed by atoms with van der Waals surface area (Å²) in [5.74, 6) is -12.1. The standard InChI is InChI=1S/C35H28F7N3O6S/c1-17(32(46)45-30-28(38)26(36)25(35(40,41)42)27(37)29(30)39)52-21-12-8-11-20(16-21)43-34(48)22(44-33(47)19-9-6-5-7-10-19)13-18-14-23(49-2)31(51-4)24(15-18)50-3/h5-17H,1-4H3,(H,43,48)(H,44,47)(H,45,46)/b22-13+. The van der Waals surface area contributed by atoms with Crippen LogP contribution in [-0.2, 0) is 15.8 Å². The molecule has 0 heterocycles. The number of amides is 3. The molecule has 0 saturated carbocycles. The molecule has 0 aliphatic carbocycles. The van der Waals surface area contributed by atoms with E-state index in [0.29, 0.717) is 10.5 Å². The monoisotopic (exact) mass is 751 g/mol. The number of methoxy groups -OCH3 is 3. The maximum Gasteiger partial charge on any atom is 0.422 e. The van der Waals surface area contributed by atoms with Crippen LogP contribution in [0.15, 0.2) is 77.3 Å². The Hall–Kier alpha value is -5.71. The maximum absolute atomic E-state index is 14.4. The van der Waals surface area contributed by atoms with Crippen LogP contribution in [0, 0.1) is 23.3 Å². The van der Waals surface area contributed by atoms with E-state index in [1.54, 1.807) is 23.5 Å². The van der Waals surface area contributed by atoms with Crippen molar-refractivity contribution in [2.45, 2.75) is 23.2 Å². The first-order valence-electron chi connectivity index (χ1n) is 14.8. The van der Waals surface area contributed by atoms with E-state index >= 15 is 0 Å². The van der Waals surface area contributed by atoms with Crippen LogP contribution >= 0.6 is 11.8 Å². The topological polar surface area (TPSA) is 115 Å². The molecule has 0 aromatic heterocycles. The van der Waals surface area contributed by atoms with E-state index in [1.807, 2.05) is 0 Å². The number of alkyl halides is 3. The summed E-state index contributed by atoms with van der Waals surface area (Å²) in [5.41, 5.74) is -3.94. The molecule has 1 unspecified atom stereocenters. The Bertz CT molecular complexity index is 1970. The summed E-state index contributed by atoms with van der Waals surface area (Å²) in [7, 11) is 4.21. The first-order valence-corrected chi connectivity index (χ1v) is 15.7. The summed E-state index contributed by atoms with van der Waals surface area (Å²) in [6.07, 6.45) is -4.39. The van der Waals surface area contributed by atoms with E-state index in [0.717, 1.165) is 11.8 Å². The van der Waals surface area contributed by atoms with Gasteiger partial charge in [0.05, 0.1) is 26.6 Å². The van der Waals surface area contributed by atoms with Crippen molar-refractivity contribution in [1.29, 1.82) is 0 Å². The van der Waals surface area contributed by atoms with Crippen LogP contribution in [0.2, 0.25) is 0 Å². The van der Waals surface area contributed by atoms with Crippen LogP contribution in [0.5, 0.6) is 17.2 Å². The molecule has 0 spiro atoms. The number of carbonyl (C=O) groups is 3. The highest BCUT2D eigenvalue weighted by Gasteiger charge is 2.42. The average molecular weight is 752 g/mol. The smallest absolute Gasteiger partial charge is 0.422 e. The van der Waals surface area contributed by atoms with E-state index in [-0.39, 0.29) is 34.2 Å². The van der Waals surface area contributed by atoms with Gasteiger partial charge in [-0.3, -0.25) is 14.4 Å². The predicted octanol–water partition coefficient (Wildman–Crippen LogP) is 7.82. The summed E-state index contributed by atoms with van der Waals surface area (Å²) >= 11 is 0.771. The largest absolute Gasteiger partial charge is 0.493 e. The minimum atomic E-state index is -5.75. The average Bonchev–Trinajstić information content (AvgIpc) is 3.11. The van der Waals surface area contributed by atoms with Crippen LogP contribution < -0.4 is 30.2 Å². The summed E-state index contributed by atoms with van der Waals surface area (Å²) in [4.78, 5) is 39.7. The Labute approximate surface area is 296 Å². The predicted molar refractivity (Wildman–Crippen MR) is 178 cm³/mol. The van der Waals surface area contributed by atoms with Crippen molar-refractivity contribution >= 4 is 46.9 Å². The summed E-state index contributed by atoms with van der Waals surface area (Å²) in [6, 6.07) is 17.0. The Morgan fingerprint density at radius 3 is 1.90 bits per heavy atom. The Morgan fingerprint density at radius 1 is 0.769 bits per heavy atom. The molecule has 0 aliphatic rings. The lowest BCUT2D eigenvalue weighted by Gasteiger charge is -2.17. The first kappa shape index (κ1) is 39.1. The highest BCUT2D eigenvalue weighted by atomic mass is 32.2. The second kappa shape index (κ2) is 16.5. The van der Waals surface area contributed by atoms with Gasteiger partial charge < -0.3 is 30.2 Å².